The van der Waals surface area contributed by atoms with Gasteiger partial charge in [0.1, 0.15) is 0 Å². The van der Waals surface area contributed by atoms with Gasteiger partial charge in [0.05, 0.1) is 5.60 Å². The summed E-state index contributed by atoms with van der Waals surface area (Å²) < 4.78 is 6.23. The van der Waals surface area contributed by atoms with Crippen LogP contribution in [0.5, 0.6) is 0 Å². The highest BCUT2D eigenvalue weighted by atomic mass is 16.5. The van der Waals surface area contributed by atoms with Crippen LogP contribution >= 0.6 is 0 Å². The Balaban J connectivity index is 1.92. The van der Waals surface area contributed by atoms with E-state index in [9.17, 15) is 0 Å². The maximum Gasteiger partial charge on any atom is 0.0685 e. The van der Waals surface area contributed by atoms with Crippen molar-refractivity contribution >= 4 is 0 Å². The van der Waals surface area contributed by atoms with E-state index in [2.05, 4.69) is 13.8 Å². The van der Waals surface area contributed by atoms with Crippen LogP contribution in [0.25, 0.3) is 0 Å². The van der Waals surface area contributed by atoms with Crippen LogP contribution in [0, 0.1) is 11.8 Å². The zero-order valence-electron chi connectivity index (χ0n) is 13.7. The number of hydrogen-bond donors (Lipinski definition) is 1. The Kier molecular flexibility index (Phi) is 6.35. The third-order valence-corrected chi connectivity index (χ3v) is 5.84. The van der Waals surface area contributed by atoms with Crippen molar-refractivity contribution in [1.29, 1.82) is 0 Å². The first-order chi connectivity index (χ1) is 9.71. The molecule has 2 heteroatoms. The van der Waals surface area contributed by atoms with Gasteiger partial charge in [0.15, 0.2) is 0 Å². The van der Waals surface area contributed by atoms with Crippen molar-refractivity contribution in [3.8, 4) is 0 Å². The van der Waals surface area contributed by atoms with Crippen LogP contribution in [0.15, 0.2) is 0 Å². The van der Waals surface area contributed by atoms with Gasteiger partial charge >= 0.3 is 0 Å². The zero-order chi connectivity index (χ0) is 14.4. The molecule has 0 aromatic rings. The number of rotatable bonds is 6. The summed E-state index contributed by atoms with van der Waals surface area (Å²) in [6.07, 6.45) is 14.3. The standard InChI is InChI=1S/C18H35NO/c1-3-5-9-15(4-2)17(19)16-10-13-20-18(14-16)11-7-6-8-12-18/h15-17H,3-14,19H2,1-2H3. The number of nitrogens with two attached hydrogens (primary N) is 1. The molecule has 2 N–H and O–H groups in total. The van der Waals surface area contributed by atoms with E-state index in [0.717, 1.165) is 12.5 Å². The molecule has 0 aromatic carbocycles. The minimum Gasteiger partial charge on any atom is -0.375 e. The molecule has 20 heavy (non-hydrogen) atoms. The van der Waals surface area contributed by atoms with Gasteiger partial charge in [0.2, 0.25) is 0 Å². The first-order valence-electron chi connectivity index (χ1n) is 9.10. The van der Waals surface area contributed by atoms with E-state index >= 15 is 0 Å². The molecule has 1 aliphatic carbocycles. The van der Waals surface area contributed by atoms with Crippen LogP contribution in [0.1, 0.15) is 84.5 Å². The summed E-state index contributed by atoms with van der Waals surface area (Å²) >= 11 is 0. The summed E-state index contributed by atoms with van der Waals surface area (Å²) in [6.45, 7) is 5.54. The van der Waals surface area contributed by atoms with Crippen molar-refractivity contribution in [2.24, 2.45) is 17.6 Å². The molecule has 0 bridgehead atoms. The van der Waals surface area contributed by atoms with E-state index < -0.39 is 0 Å². The van der Waals surface area contributed by atoms with Gasteiger partial charge in [0.25, 0.3) is 0 Å². The second kappa shape index (κ2) is 7.79. The smallest absolute Gasteiger partial charge is 0.0685 e. The van der Waals surface area contributed by atoms with E-state index in [4.69, 9.17) is 10.5 Å². The topological polar surface area (TPSA) is 35.2 Å². The Bertz CT molecular complexity index is 267. The van der Waals surface area contributed by atoms with Gasteiger partial charge < -0.3 is 10.5 Å². The molecule has 3 unspecified atom stereocenters. The largest absolute Gasteiger partial charge is 0.375 e. The molecule has 2 rings (SSSR count). The molecular weight excluding hydrogens is 246 g/mol. The molecule has 1 aliphatic heterocycles. The van der Waals surface area contributed by atoms with Gasteiger partial charge in [-0.15, -0.1) is 0 Å². The molecule has 3 atom stereocenters. The van der Waals surface area contributed by atoms with E-state index in [1.807, 2.05) is 0 Å². The molecule has 2 nitrogen and oxygen atoms in total. The van der Waals surface area contributed by atoms with Gasteiger partial charge in [-0.1, -0.05) is 52.4 Å². The fraction of sp³-hybridized carbons (Fsp3) is 1.00. The Morgan fingerprint density at radius 2 is 1.95 bits per heavy atom. The van der Waals surface area contributed by atoms with E-state index in [1.165, 1.54) is 70.6 Å². The predicted octanol–water partition coefficient (Wildman–Crippen LogP) is 4.66. The second-order valence-electron chi connectivity index (χ2n) is 7.23. The molecule has 118 valence electrons. The predicted molar refractivity (Wildman–Crippen MR) is 85.8 cm³/mol. The van der Waals surface area contributed by atoms with Gasteiger partial charge in [-0.05, 0) is 43.9 Å². The number of unbranched alkanes of at least 4 members (excludes halogenated alkanes) is 1. The van der Waals surface area contributed by atoms with Crippen LogP contribution in [-0.2, 0) is 4.74 Å². The zero-order valence-corrected chi connectivity index (χ0v) is 13.7. The quantitative estimate of drug-likeness (QED) is 0.768. The van der Waals surface area contributed by atoms with Crippen molar-refractivity contribution in [3.05, 3.63) is 0 Å². The summed E-state index contributed by atoms with van der Waals surface area (Å²) in [5, 5.41) is 0. The van der Waals surface area contributed by atoms with Gasteiger partial charge in [-0.2, -0.15) is 0 Å². The first-order valence-corrected chi connectivity index (χ1v) is 9.10. The average Bonchev–Trinajstić information content (AvgIpc) is 2.48. The Morgan fingerprint density at radius 1 is 1.20 bits per heavy atom. The van der Waals surface area contributed by atoms with Crippen molar-refractivity contribution < 1.29 is 4.74 Å². The van der Waals surface area contributed by atoms with Crippen molar-refractivity contribution in [2.45, 2.75) is 96.1 Å². The van der Waals surface area contributed by atoms with Crippen LogP contribution in [0.2, 0.25) is 0 Å². The van der Waals surface area contributed by atoms with E-state index in [1.54, 1.807) is 0 Å². The second-order valence-corrected chi connectivity index (χ2v) is 7.23. The molecule has 1 saturated carbocycles. The fourth-order valence-corrected chi connectivity index (χ4v) is 4.46. The average molecular weight is 281 g/mol. The molecule has 2 aliphatic rings. The maximum absolute atomic E-state index is 6.68. The van der Waals surface area contributed by atoms with Crippen molar-refractivity contribution in [1.82, 2.24) is 0 Å². The van der Waals surface area contributed by atoms with Gasteiger partial charge in [0, 0.05) is 12.6 Å². The monoisotopic (exact) mass is 281 g/mol. The SMILES string of the molecule is CCCCC(CC)C(N)C1CCOC2(CCCCC2)C1. The van der Waals surface area contributed by atoms with Crippen LogP contribution in [0.3, 0.4) is 0 Å². The summed E-state index contributed by atoms with van der Waals surface area (Å²) in [5.74, 6) is 1.42. The molecular formula is C18H35NO. The van der Waals surface area contributed by atoms with Crippen LogP contribution in [-0.4, -0.2) is 18.2 Å². The van der Waals surface area contributed by atoms with Crippen LogP contribution in [0.4, 0.5) is 0 Å². The first kappa shape index (κ1) is 16.3. The Labute approximate surface area is 125 Å². The fourth-order valence-electron chi connectivity index (χ4n) is 4.46. The van der Waals surface area contributed by atoms with Crippen LogP contribution < -0.4 is 5.73 Å². The molecule has 2 fully saturated rings. The molecule has 0 radical (unpaired) electrons. The Morgan fingerprint density at radius 3 is 2.60 bits per heavy atom. The van der Waals surface area contributed by atoms with E-state index in [0.29, 0.717) is 12.0 Å². The lowest BCUT2D eigenvalue weighted by Gasteiger charge is -2.46. The third-order valence-electron chi connectivity index (χ3n) is 5.84. The highest BCUT2D eigenvalue weighted by molar-refractivity contribution is 4.93. The third kappa shape index (κ3) is 3.98. The molecule has 0 aromatic heterocycles. The Hall–Kier alpha value is -0.0800. The maximum atomic E-state index is 6.68. The lowest BCUT2D eigenvalue weighted by atomic mass is 9.71. The molecule has 1 spiro atoms. The van der Waals surface area contributed by atoms with Crippen molar-refractivity contribution in [3.63, 3.8) is 0 Å². The minimum absolute atomic E-state index is 0.210. The molecule has 0 amide bonds. The van der Waals surface area contributed by atoms with Gasteiger partial charge in [-0.3, -0.25) is 0 Å². The highest BCUT2D eigenvalue weighted by Gasteiger charge is 2.41. The summed E-state index contributed by atoms with van der Waals surface area (Å²) in [4.78, 5) is 0. The lowest BCUT2D eigenvalue weighted by Crippen LogP contribution is -2.48. The number of hydrogen-bond acceptors (Lipinski definition) is 2. The van der Waals surface area contributed by atoms with Crippen molar-refractivity contribution in [2.75, 3.05) is 6.61 Å². The van der Waals surface area contributed by atoms with Gasteiger partial charge in [-0.25, -0.2) is 0 Å². The molecule has 1 heterocycles. The summed E-state index contributed by atoms with van der Waals surface area (Å²) in [5.41, 5.74) is 6.89. The highest BCUT2D eigenvalue weighted by Crippen LogP contribution is 2.42. The summed E-state index contributed by atoms with van der Waals surface area (Å²) in [7, 11) is 0. The molecule has 1 saturated heterocycles. The van der Waals surface area contributed by atoms with E-state index in [-0.39, 0.29) is 5.60 Å². The minimum atomic E-state index is 0.210. The summed E-state index contributed by atoms with van der Waals surface area (Å²) in [6, 6.07) is 0.397. The normalized spacial score (nSPS) is 29.2. The lowest BCUT2D eigenvalue weighted by molar-refractivity contribution is -0.122. The number of ether oxygens (including phenoxy) is 1.